The van der Waals surface area contributed by atoms with Gasteiger partial charge in [0.1, 0.15) is 0 Å². The van der Waals surface area contributed by atoms with Crippen LogP contribution in [0.4, 0.5) is 8.78 Å². The number of hydrogen-bond acceptors (Lipinski definition) is 3. The lowest BCUT2D eigenvalue weighted by Gasteiger charge is -2.10. The van der Waals surface area contributed by atoms with Crippen LogP contribution in [0.1, 0.15) is 11.7 Å². The summed E-state index contributed by atoms with van der Waals surface area (Å²) in [6.07, 6.45) is -1.77. The van der Waals surface area contributed by atoms with E-state index < -0.39 is 17.8 Å². The van der Waals surface area contributed by atoms with Crippen molar-refractivity contribution in [1.82, 2.24) is 0 Å². The molecule has 0 spiro atoms. The zero-order chi connectivity index (χ0) is 11.4. The summed E-state index contributed by atoms with van der Waals surface area (Å²) >= 11 is 0.214. The number of thioether (sulfide) groups is 1. The first kappa shape index (κ1) is 11.9. The predicted molar refractivity (Wildman–Crippen MR) is 50.9 cm³/mol. The zero-order valence-electron chi connectivity index (χ0n) is 7.43. The standard InChI is InChI=1S/C9H8F2O3S/c10-9(11)15-6-4-2-1-3-5(6)7(12)8(13)14/h1-4,7,9,12H,(H,13,14). The first-order chi connectivity index (χ1) is 7.02. The molecule has 0 aliphatic rings. The topological polar surface area (TPSA) is 57.5 Å². The first-order valence-electron chi connectivity index (χ1n) is 3.97. The van der Waals surface area contributed by atoms with Crippen molar-refractivity contribution < 1.29 is 23.8 Å². The van der Waals surface area contributed by atoms with Crippen LogP contribution in [0.25, 0.3) is 0 Å². The maximum absolute atomic E-state index is 12.1. The van der Waals surface area contributed by atoms with Gasteiger partial charge in [-0.1, -0.05) is 30.0 Å². The number of halogens is 2. The summed E-state index contributed by atoms with van der Waals surface area (Å²) in [6, 6.07) is 5.64. The average molecular weight is 234 g/mol. The van der Waals surface area contributed by atoms with Crippen LogP contribution < -0.4 is 0 Å². The summed E-state index contributed by atoms with van der Waals surface area (Å²) in [5.41, 5.74) is -0.0182. The SMILES string of the molecule is O=C(O)C(O)c1ccccc1SC(F)F. The summed E-state index contributed by atoms with van der Waals surface area (Å²) in [4.78, 5) is 10.6. The highest BCUT2D eigenvalue weighted by Gasteiger charge is 2.20. The number of benzene rings is 1. The van der Waals surface area contributed by atoms with Crippen LogP contribution in [0, 0.1) is 0 Å². The van der Waals surface area contributed by atoms with Crippen LogP contribution in [-0.4, -0.2) is 21.9 Å². The Labute approximate surface area is 88.7 Å². The third-order valence-electron chi connectivity index (χ3n) is 1.66. The maximum Gasteiger partial charge on any atom is 0.337 e. The van der Waals surface area contributed by atoms with Gasteiger partial charge in [0.25, 0.3) is 5.76 Å². The van der Waals surface area contributed by atoms with Gasteiger partial charge in [-0.3, -0.25) is 0 Å². The second-order valence-corrected chi connectivity index (χ2v) is 3.69. The molecule has 2 N–H and O–H groups in total. The van der Waals surface area contributed by atoms with Crippen LogP contribution in [0.5, 0.6) is 0 Å². The van der Waals surface area contributed by atoms with E-state index in [9.17, 15) is 18.7 Å². The predicted octanol–water partition coefficient (Wildman–Crippen LogP) is 2.12. The molecule has 15 heavy (non-hydrogen) atoms. The van der Waals surface area contributed by atoms with Crippen LogP contribution in [0.2, 0.25) is 0 Å². The normalized spacial score (nSPS) is 12.8. The lowest BCUT2D eigenvalue weighted by atomic mass is 10.1. The van der Waals surface area contributed by atoms with Crippen molar-refractivity contribution in [3.63, 3.8) is 0 Å². The van der Waals surface area contributed by atoms with Gasteiger partial charge in [-0.05, 0) is 6.07 Å². The maximum atomic E-state index is 12.1. The van der Waals surface area contributed by atoms with Crippen molar-refractivity contribution in [3.05, 3.63) is 29.8 Å². The zero-order valence-corrected chi connectivity index (χ0v) is 8.25. The molecule has 0 aromatic heterocycles. The Morgan fingerprint density at radius 2 is 1.93 bits per heavy atom. The average Bonchev–Trinajstić information content (AvgIpc) is 2.16. The number of hydrogen-bond donors (Lipinski definition) is 2. The summed E-state index contributed by atoms with van der Waals surface area (Å²) in [6.45, 7) is 0. The monoisotopic (exact) mass is 234 g/mol. The van der Waals surface area contributed by atoms with E-state index in [-0.39, 0.29) is 22.2 Å². The molecule has 3 nitrogen and oxygen atoms in total. The molecule has 0 saturated carbocycles. The molecule has 0 radical (unpaired) electrons. The summed E-state index contributed by atoms with van der Waals surface area (Å²) in [5.74, 6) is -4.11. The number of carbonyl (C=O) groups is 1. The lowest BCUT2D eigenvalue weighted by Crippen LogP contribution is -2.11. The Bertz CT molecular complexity index is 357. The highest BCUT2D eigenvalue weighted by atomic mass is 32.2. The fourth-order valence-electron chi connectivity index (χ4n) is 1.04. The fourth-order valence-corrected chi connectivity index (χ4v) is 1.71. The van der Waals surface area contributed by atoms with E-state index in [1.54, 1.807) is 0 Å². The van der Waals surface area contributed by atoms with Crippen molar-refractivity contribution >= 4 is 17.7 Å². The quantitative estimate of drug-likeness (QED) is 0.783. The summed E-state index contributed by atoms with van der Waals surface area (Å²) in [7, 11) is 0. The number of carboxylic acid groups (broad SMARTS) is 1. The van der Waals surface area contributed by atoms with E-state index in [1.807, 2.05) is 0 Å². The third kappa shape index (κ3) is 3.17. The number of carboxylic acids is 1. The Morgan fingerprint density at radius 3 is 2.47 bits per heavy atom. The fraction of sp³-hybridized carbons (Fsp3) is 0.222. The molecule has 1 unspecified atom stereocenters. The van der Waals surface area contributed by atoms with Gasteiger partial charge >= 0.3 is 5.97 Å². The van der Waals surface area contributed by atoms with Crippen LogP contribution in [-0.2, 0) is 4.79 Å². The van der Waals surface area contributed by atoms with E-state index in [4.69, 9.17) is 5.11 Å². The number of aliphatic hydroxyl groups is 1. The van der Waals surface area contributed by atoms with Gasteiger partial charge in [-0.15, -0.1) is 0 Å². The molecule has 0 aliphatic carbocycles. The Kier molecular flexibility index (Phi) is 4.05. The van der Waals surface area contributed by atoms with Crippen LogP contribution >= 0.6 is 11.8 Å². The molecule has 82 valence electrons. The Hall–Kier alpha value is -1.14. The van der Waals surface area contributed by atoms with Gasteiger partial charge in [0.2, 0.25) is 0 Å². The number of rotatable bonds is 4. The minimum Gasteiger partial charge on any atom is -0.479 e. The van der Waals surface area contributed by atoms with Gasteiger partial charge in [-0.2, -0.15) is 8.78 Å². The smallest absolute Gasteiger partial charge is 0.337 e. The van der Waals surface area contributed by atoms with E-state index in [2.05, 4.69) is 0 Å². The molecule has 0 fully saturated rings. The van der Waals surface area contributed by atoms with Gasteiger partial charge in [-0.25, -0.2) is 4.79 Å². The van der Waals surface area contributed by atoms with E-state index in [0.29, 0.717) is 0 Å². The lowest BCUT2D eigenvalue weighted by molar-refractivity contribution is -0.147. The van der Waals surface area contributed by atoms with Gasteiger partial charge < -0.3 is 10.2 Å². The molecule has 0 amide bonds. The van der Waals surface area contributed by atoms with Crippen molar-refractivity contribution in [2.24, 2.45) is 0 Å². The summed E-state index contributed by atoms with van der Waals surface area (Å²) in [5, 5.41) is 17.8. The molecule has 0 bridgehead atoms. The molecule has 0 aliphatic heterocycles. The van der Waals surface area contributed by atoms with Crippen molar-refractivity contribution in [2.45, 2.75) is 16.8 Å². The minimum absolute atomic E-state index is 0.0182. The number of aliphatic hydroxyl groups excluding tert-OH is 1. The van der Waals surface area contributed by atoms with Crippen molar-refractivity contribution in [3.8, 4) is 0 Å². The van der Waals surface area contributed by atoms with Gasteiger partial charge in [0, 0.05) is 10.5 Å². The molecule has 1 aromatic carbocycles. The second kappa shape index (κ2) is 5.09. The highest BCUT2D eigenvalue weighted by molar-refractivity contribution is 7.99. The number of aliphatic carboxylic acids is 1. The first-order valence-corrected chi connectivity index (χ1v) is 4.85. The van der Waals surface area contributed by atoms with Crippen molar-refractivity contribution in [2.75, 3.05) is 0 Å². The van der Waals surface area contributed by atoms with E-state index in [0.717, 1.165) is 0 Å². The molecule has 1 aromatic rings. The molecule has 0 saturated heterocycles. The van der Waals surface area contributed by atoms with E-state index >= 15 is 0 Å². The van der Waals surface area contributed by atoms with E-state index in [1.165, 1.54) is 24.3 Å². The minimum atomic E-state index is -2.65. The molecule has 1 rings (SSSR count). The third-order valence-corrected chi connectivity index (χ3v) is 2.47. The molecular formula is C9H8F2O3S. The van der Waals surface area contributed by atoms with Gasteiger partial charge in [0.15, 0.2) is 6.10 Å². The largest absolute Gasteiger partial charge is 0.479 e. The number of alkyl halides is 2. The Morgan fingerprint density at radius 1 is 1.33 bits per heavy atom. The molecular weight excluding hydrogens is 226 g/mol. The van der Waals surface area contributed by atoms with Crippen LogP contribution in [0.15, 0.2) is 29.2 Å². The van der Waals surface area contributed by atoms with Crippen molar-refractivity contribution in [1.29, 1.82) is 0 Å². The van der Waals surface area contributed by atoms with Crippen LogP contribution in [0.3, 0.4) is 0 Å². The summed E-state index contributed by atoms with van der Waals surface area (Å²) < 4.78 is 24.2. The molecule has 0 heterocycles. The molecule has 1 atom stereocenters. The van der Waals surface area contributed by atoms with Gasteiger partial charge in [0.05, 0.1) is 0 Å². The molecule has 6 heteroatoms. The Balaban J connectivity index is 3.00. The highest BCUT2D eigenvalue weighted by Crippen LogP contribution is 2.31. The second-order valence-electron chi connectivity index (χ2n) is 2.66.